The standard InChI is InChI=1S/C31H25N5O7/c37-16-22-24(42-30(39)20-12-6-2-7-13-20)25(43-31(40)21-14-8-3-9-15-21)29(41-22)36-18-34-23-26(32-17-33-27(23)36)35-28(38)19-10-4-1-5-11-19/h1-15,17-18,22,24-25,29,37H,16H2,(H,32,33,35,38)/t22-,24+,25-,29-/m1/s1. The number of hydrogen-bond acceptors (Lipinski definition) is 10. The maximum Gasteiger partial charge on any atom is 0.338 e. The van der Waals surface area contributed by atoms with E-state index in [1.165, 1.54) is 17.2 Å². The first kappa shape index (κ1) is 27.7. The topological polar surface area (TPSA) is 155 Å². The van der Waals surface area contributed by atoms with Crippen LogP contribution in [0, 0.1) is 0 Å². The van der Waals surface area contributed by atoms with Gasteiger partial charge in [0.1, 0.15) is 12.4 Å². The van der Waals surface area contributed by atoms with E-state index in [-0.39, 0.29) is 28.1 Å². The molecule has 0 saturated carbocycles. The molecule has 1 amide bonds. The molecule has 0 aliphatic carbocycles. The minimum atomic E-state index is -1.22. The van der Waals surface area contributed by atoms with E-state index in [2.05, 4.69) is 20.3 Å². The first-order valence-electron chi connectivity index (χ1n) is 13.4. The van der Waals surface area contributed by atoms with Crippen molar-refractivity contribution in [2.45, 2.75) is 24.5 Å². The van der Waals surface area contributed by atoms with Gasteiger partial charge in [-0.1, -0.05) is 54.6 Å². The van der Waals surface area contributed by atoms with E-state index in [1.807, 2.05) is 0 Å². The first-order valence-corrected chi connectivity index (χ1v) is 13.4. The summed E-state index contributed by atoms with van der Waals surface area (Å²) >= 11 is 0. The molecule has 2 N–H and O–H groups in total. The molecule has 43 heavy (non-hydrogen) atoms. The van der Waals surface area contributed by atoms with Gasteiger partial charge in [-0.25, -0.2) is 24.5 Å². The van der Waals surface area contributed by atoms with E-state index in [0.29, 0.717) is 5.56 Å². The molecule has 3 aromatic carbocycles. The maximum absolute atomic E-state index is 13.2. The molecule has 12 nitrogen and oxygen atoms in total. The number of ether oxygens (including phenoxy) is 3. The van der Waals surface area contributed by atoms with Gasteiger partial charge in [-0.3, -0.25) is 9.36 Å². The Morgan fingerprint density at radius 2 is 1.33 bits per heavy atom. The maximum atomic E-state index is 13.2. The molecule has 12 heteroatoms. The predicted octanol–water partition coefficient (Wildman–Crippen LogP) is 3.42. The van der Waals surface area contributed by atoms with Crippen LogP contribution in [0.15, 0.2) is 104 Å². The van der Waals surface area contributed by atoms with Crippen molar-refractivity contribution in [3.8, 4) is 0 Å². The summed E-state index contributed by atoms with van der Waals surface area (Å²) in [5.41, 5.74) is 1.46. The summed E-state index contributed by atoms with van der Waals surface area (Å²) in [4.78, 5) is 52.0. The molecule has 5 aromatic rings. The highest BCUT2D eigenvalue weighted by atomic mass is 16.6. The van der Waals surface area contributed by atoms with Crippen molar-refractivity contribution in [2.24, 2.45) is 0 Å². The number of nitrogens with zero attached hydrogens (tertiary/aromatic N) is 4. The minimum absolute atomic E-state index is 0.152. The zero-order valence-electron chi connectivity index (χ0n) is 22.5. The zero-order valence-corrected chi connectivity index (χ0v) is 22.5. The van der Waals surface area contributed by atoms with Crippen LogP contribution in [-0.4, -0.2) is 67.4 Å². The van der Waals surface area contributed by atoms with E-state index >= 15 is 0 Å². The van der Waals surface area contributed by atoms with Crippen LogP contribution in [0.2, 0.25) is 0 Å². The van der Waals surface area contributed by atoms with E-state index < -0.39 is 49.0 Å². The lowest BCUT2D eigenvalue weighted by molar-refractivity contribution is -0.0566. The third-order valence-corrected chi connectivity index (χ3v) is 6.87. The van der Waals surface area contributed by atoms with Crippen LogP contribution in [-0.2, 0) is 14.2 Å². The van der Waals surface area contributed by atoms with Crippen LogP contribution in [0.25, 0.3) is 11.2 Å². The average molecular weight is 580 g/mol. The average Bonchev–Trinajstić information content (AvgIpc) is 3.64. The van der Waals surface area contributed by atoms with Crippen LogP contribution in [0.3, 0.4) is 0 Å². The Morgan fingerprint density at radius 3 is 1.91 bits per heavy atom. The highest BCUT2D eigenvalue weighted by Crippen LogP contribution is 2.37. The van der Waals surface area contributed by atoms with Gasteiger partial charge in [0.25, 0.3) is 5.91 Å². The monoisotopic (exact) mass is 579 g/mol. The Labute approximate surface area is 244 Å². The van der Waals surface area contributed by atoms with Crippen LogP contribution in [0.1, 0.15) is 37.3 Å². The lowest BCUT2D eigenvalue weighted by atomic mass is 10.1. The van der Waals surface area contributed by atoms with Gasteiger partial charge in [-0.05, 0) is 36.4 Å². The lowest BCUT2D eigenvalue weighted by Gasteiger charge is -2.24. The van der Waals surface area contributed by atoms with Gasteiger partial charge >= 0.3 is 11.9 Å². The smallest absolute Gasteiger partial charge is 0.338 e. The zero-order chi connectivity index (χ0) is 29.8. The third kappa shape index (κ3) is 5.69. The molecule has 1 aliphatic heterocycles. The normalized spacial score (nSPS) is 19.6. The van der Waals surface area contributed by atoms with E-state index in [0.717, 1.165) is 0 Å². The molecular weight excluding hydrogens is 554 g/mol. The lowest BCUT2D eigenvalue weighted by Crippen LogP contribution is -2.40. The molecule has 0 radical (unpaired) electrons. The number of amides is 1. The highest BCUT2D eigenvalue weighted by Gasteiger charge is 2.51. The van der Waals surface area contributed by atoms with Crippen molar-refractivity contribution < 1.29 is 33.7 Å². The van der Waals surface area contributed by atoms with Crippen molar-refractivity contribution in [3.63, 3.8) is 0 Å². The Hall–Kier alpha value is -5.46. The number of imidazole rings is 1. The van der Waals surface area contributed by atoms with Gasteiger partial charge in [0.15, 0.2) is 35.4 Å². The number of hydrogen-bond donors (Lipinski definition) is 2. The molecule has 6 rings (SSSR count). The number of carbonyl (C=O) groups is 3. The Morgan fingerprint density at radius 1 is 0.767 bits per heavy atom. The first-order chi connectivity index (χ1) is 21.0. The van der Waals surface area contributed by atoms with Crippen molar-refractivity contribution in [2.75, 3.05) is 11.9 Å². The van der Waals surface area contributed by atoms with Crippen LogP contribution < -0.4 is 5.32 Å². The summed E-state index contributed by atoms with van der Waals surface area (Å²) < 4.78 is 19.3. The number of aliphatic hydroxyl groups excluding tert-OH is 1. The molecule has 2 aromatic heterocycles. The second-order valence-electron chi connectivity index (χ2n) is 9.59. The molecule has 4 atom stereocenters. The fourth-order valence-corrected chi connectivity index (χ4v) is 4.78. The Kier molecular flexibility index (Phi) is 7.85. The molecule has 0 bridgehead atoms. The molecule has 0 spiro atoms. The molecule has 216 valence electrons. The number of carbonyl (C=O) groups excluding carboxylic acids is 3. The fourth-order valence-electron chi connectivity index (χ4n) is 4.78. The predicted molar refractivity (Wildman–Crippen MR) is 152 cm³/mol. The largest absolute Gasteiger partial charge is 0.452 e. The second kappa shape index (κ2) is 12.2. The summed E-state index contributed by atoms with van der Waals surface area (Å²) in [6.45, 7) is -0.539. The number of aliphatic hydroxyl groups is 1. The minimum Gasteiger partial charge on any atom is -0.452 e. The summed E-state index contributed by atoms with van der Waals surface area (Å²) in [5.74, 6) is -1.61. The quantitative estimate of drug-likeness (QED) is 0.261. The molecule has 0 unspecified atom stereocenters. The van der Waals surface area contributed by atoms with Gasteiger partial charge in [0.05, 0.1) is 24.1 Å². The van der Waals surface area contributed by atoms with Crippen molar-refractivity contribution >= 4 is 34.8 Å². The highest BCUT2D eigenvalue weighted by molar-refractivity contribution is 6.06. The SMILES string of the molecule is O=C(Nc1ncnc2c1ncn2[C@@H]1O[C@H](CO)[C@H](OC(=O)c2ccccc2)[C@H]1OC(=O)c1ccccc1)c1ccccc1. The van der Waals surface area contributed by atoms with Crippen LogP contribution >= 0.6 is 0 Å². The van der Waals surface area contributed by atoms with Crippen molar-refractivity contribution in [1.29, 1.82) is 0 Å². The number of esters is 2. The van der Waals surface area contributed by atoms with Gasteiger partial charge in [0.2, 0.25) is 0 Å². The number of rotatable bonds is 8. The van der Waals surface area contributed by atoms with Gasteiger partial charge in [0, 0.05) is 5.56 Å². The molecule has 1 fully saturated rings. The van der Waals surface area contributed by atoms with Gasteiger partial charge in [-0.15, -0.1) is 0 Å². The van der Waals surface area contributed by atoms with Gasteiger partial charge in [-0.2, -0.15) is 0 Å². The number of benzene rings is 3. The second-order valence-corrected chi connectivity index (χ2v) is 9.59. The van der Waals surface area contributed by atoms with Crippen molar-refractivity contribution in [3.05, 3.63) is 120 Å². The summed E-state index contributed by atoms with van der Waals surface area (Å²) in [6.07, 6.45) is -1.93. The summed E-state index contributed by atoms with van der Waals surface area (Å²) in [6, 6.07) is 25.2. The molecule has 1 saturated heterocycles. The fraction of sp³-hybridized carbons (Fsp3) is 0.161. The Balaban J connectivity index is 1.35. The number of aromatic nitrogens is 4. The third-order valence-electron chi connectivity index (χ3n) is 6.87. The number of nitrogens with one attached hydrogen (secondary N) is 1. The van der Waals surface area contributed by atoms with Gasteiger partial charge < -0.3 is 24.6 Å². The number of anilines is 1. The van der Waals surface area contributed by atoms with E-state index in [4.69, 9.17) is 14.2 Å². The summed E-state index contributed by atoms with van der Waals surface area (Å²) in [7, 11) is 0. The van der Waals surface area contributed by atoms with E-state index in [9.17, 15) is 19.5 Å². The van der Waals surface area contributed by atoms with E-state index in [1.54, 1.807) is 91.0 Å². The molecule has 3 heterocycles. The van der Waals surface area contributed by atoms with Crippen molar-refractivity contribution in [1.82, 2.24) is 19.5 Å². The Bertz CT molecular complexity index is 1750. The molecule has 1 aliphatic rings. The number of fused-ring (bicyclic) bond motifs is 1. The van der Waals surface area contributed by atoms with Crippen LogP contribution in [0.5, 0.6) is 0 Å². The van der Waals surface area contributed by atoms with Crippen LogP contribution in [0.4, 0.5) is 5.82 Å². The molecular formula is C31H25N5O7. The summed E-state index contributed by atoms with van der Waals surface area (Å²) in [5, 5.41) is 13.0.